The van der Waals surface area contributed by atoms with Crippen molar-refractivity contribution in [2.75, 3.05) is 6.54 Å². The van der Waals surface area contributed by atoms with Crippen LogP contribution in [0.15, 0.2) is 12.1 Å². The van der Waals surface area contributed by atoms with Crippen molar-refractivity contribution < 1.29 is 9.90 Å². The molecule has 1 heterocycles. The van der Waals surface area contributed by atoms with Crippen molar-refractivity contribution in [2.24, 2.45) is 5.92 Å². The van der Waals surface area contributed by atoms with Gasteiger partial charge in [-0.15, -0.1) is 11.3 Å². The Kier molecular flexibility index (Phi) is 4.18. The smallest absolute Gasteiger partial charge is 0.261 e. The topological polar surface area (TPSA) is 49.3 Å². The Balaban J connectivity index is 1.81. The van der Waals surface area contributed by atoms with Crippen molar-refractivity contribution in [2.45, 2.75) is 38.7 Å². The van der Waals surface area contributed by atoms with Gasteiger partial charge in [0.05, 0.1) is 11.0 Å². The highest BCUT2D eigenvalue weighted by Crippen LogP contribution is 2.24. The molecule has 1 fully saturated rings. The minimum atomic E-state index is -0.162. The van der Waals surface area contributed by atoms with Crippen LogP contribution in [0.25, 0.3) is 0 Å². The van der Waals surface area contributed by atoms with Gasteiger partial charge in [0, 0.05) is 11.4 Å². The molecule has 3 nitrogen and oxygen atoms in total. The third kappa shape index (κ3) is 3.30. The molecule has 4 heteroatoms. The van der Waals surface area contributed by atoms with E-state index in [4.69, 9.17) is 0 Å². The van der Waals surface area contributed by atoms with E-state index in [1.54, 1.807) is 11.3 Å². The first-order chi connectivity index (χ1) is 8.19. The van der Waals surface area contributed by atoms with Crippen LogP contribution in [0.4, 0.5) is 0 Å². The minimum absolute atomic E-state index is 0.0242. The van der Waals surface area contributed by atoms with Crippen LogP contribution in [-0.2, 0) is 6.42 Å². The first kappa shape index (κ1) is 12.6. The zero-order valence-corrected chi connectivity index (χ0v) is 10.9. The molecular weight excluding hydrogens is 234 g/mol. The molecule has 2 N–H and O–H groups in total. The Morgan fingerprint density at radius 1 is 1.53 bits per heavy atom. The van der Waals surface area contributed by atoms with E-state index in [0.29, 0.717) is 12.5 Å². The molecule has 2 atom stereocenters. The first-order valence-corrected chi connectivity index (χ1v) is 7.05. The van der Waals surface area contributed by atoms with Gasteiger partial charge in [-0.05, 0) is 43.7 Å². The van der Waals surface area contributed by atoms with Gasteiger partial charge in [-0.2, -0.15) is 0 Å². The Labute approximate surface area is 106 Å². The lowest BCUT2D eigenvalue weighted by Gasteiger charge is -2.09. The van der Waals surface area contributed by atoms with Crippen molar-refractivity contribution in [3.05, 3.63) is 21.9 Å². The van der Waals surface area contributed by atoms with Crippen LogP contribution in [0, 0.1) is 5.92 Å². The van der Waals surface area contributed by atoms with Crippen molar-refractivity contribution >= 4 is 17.2 Å². The number of rotatable bonds is 4. The molecule has 0 aromatic carbocycles. The number of aliphatic hydroxyl groups is 1. The lowest BCUT2D eigenvalue weighted by molar-refractivity contribution is 0.0949. The fourth-order valence-electron chi connectivity index (χ4n) is 2.25. The molecule has 0 aliphatic heterocycles. The molecule has 1 saturated carbocycles. The number of carbonyl (C=O) groups is 1. The van der Waals surface area contributed by atoms with Gasteiger partial charge >= 0.3 is 0 Å². The third-order valence-corrected chi connectivity index (χ3v) is 4.53. The number of carbonyl (C=O) groups excluding carboxylic acids is 1. The van der Waals surface area contributed by atoms with Crippen LogP contribution in [0.3, 0.4) is 0 Å². The molecule has 94 valence electrons. The second-order valence-corrected chi connectivity index (χ2v) is 5.83. The number of amides is 1. The molecular formula is C13H19NO2S. The maximum atomic E-state index is 11.8. The van der Waals surface area contributed by atoms with Crippen molar-refractivity contribution in [1.82, 2.24) is 5.32 Å². The summed E-state index contributed by atoms with van der Waals surface area (Å²) in [5.41, 5.74) is 0. The molecule has 0 radical (unpaired) electrons. The molecule has 0 spiro atoms. The number of thiophene rings is 1. The molecule has 1 aliphatic rings. The number of aliphatic hydroxyl groups excluding tert-OH is 1. The lowest BCUT2D eigenvalue weighted by atomic mass is 10.1. The van der Waals surface area contributed by atoms with Crippen LogP contribution in [0.5, 0.6) is 0 Å². The molecule has 0 bridgehead atoms. The van der Waals surface area contributed by atoms with Gasteiger partial charge in [0.25, 0.3) is 5.91 Å². The maximum Gasteiger partial charge on any atom is 0.261 e. The third-order valence-electron chi connectivity index (χ3n) is 3.30. The summed E-state index contributed by atoms with van der Waals surface area (Å²) in [5, 5.41) is 12.4. The Bertz CT molecular complexity index is 389. The van der Waals surface area contributed by atoms with Crippen LogP contribution >= 0.6 is 11.3 Å². The number of nitrogens with one attached hydrogen (secondary N) is 1. The van der Waals surface area contributed by atoms with Gasteiger partial charge in [0.1, 0.15) is 0 Å². The standard InChI is InChI=1S/C13H19NO2S/c1-2-11-5-6-12(17-11)13(16)14-8-9-3-4-10(15)7-9/h5-6,9-10,15H,2-4,7-8H2,1H3,(H,14,16). The molecule has 1 aromatic heterocycles. The fraction of sp³-hybridized carbons (Fsp3) is 0.615. The molecule has 17 heavy (non-hydrogen) atoms. The molecule has 1 aliphatic carbocycles. The first-order valence-electron chi connectivity index (χ1n) is 6.24. The van der Waals surface area contributed by atoms with Crippen LogP contribution < -0.4 is 5.32 Å². The Morgan fingerprint density at radius 3 is 2.94 bits per heavy atom. The summed E-state index contributed by atoms with van der Waals surface area (Å²) in [7, 11) is 0. The van der Waals surface area contributed by atoms with E-state index in [1.807, 2.05) is 12.1 Å². The SMILES string of the molecule is CCc1ccc(C(=O)NCC2CCC(O)C2)s1. The van der Waals surface area contributed by atoms with Crippen molar-refractivity contribution in [3.63, 3.8) is 0 Å². The summed E-state index contributed by atoms with van der Waals surface area (Å²) in [4.78, 5) is 13.9. The molecule has 1 aromatic rings. The largest absolute Gasteiger partial charge is 0.393 e. The average molecular weight is 253 g/mol. The minimum Gasteiger partial charge on any atom is -0.393 e. The van der Waals surface area contributed by atoms with E-state index in [1.165, 1.54) is 4.88 Å². The van der Waals surface area contributed by atoms with Crippen LogP contribution in [0.1, 0.15) is 40.7 Å². The monoisotopic (exact) mass is 253 g/mol. The second-order valence-electron chi connectivity index (χ2n) is 4.66. The molecule has 2 unspecified atom stereocenters. The maximum absolute atomic E-state index is 11.8. The van der Waals surface area contributed by atoms with Gasteiger partial charge in [-0.3, -0.25) is 4.79 Å². The highest BCUT2D eigenvalue weighted by Gasteiger charge is 2.23. The van der Waals surface area contributed by atoms with Gasteiger partial charge in [-0.25, -0.2) is 0 Å². The number of aryl methyl sites for hydroxylation is 1. The summed E-state index contributed by atoms with van der Waals surface area (Å²) in [6, 6.07) is 3.90. The zero-order chi connectivity index (χ0) is 12.3. The number of hydrogen-bond donors (Lipinski definition) is 2. The lowest BCUT2D eigenvalue weighted by Crippen LogP contribution is -2.28. The van der Waals surface area contributed by atoms with Crippen molar-refractivity contribution in [1.29, 1.82) is 0 Å². The van der Waals surface area contributed by atoms with E-state index in [0.717, 1.165) is 30.6 Å². The highest BCUT2D eigenvalue weighted by molar-refractivity contribution is 7.14. The Hall–Kier alpha value is -0.870. The molecule has 0 saturated heterocycles. The van der Waals surface area contributed by atoms with E-state index < -0.39 is 0 Å². The highest BCUT2D eigenvalue weighted by atomic mass is 32.1. The summed E-state index contributed by atoms with van der Waals surface area (Å²) in [6.07, 6.45) is 3.54. The van der Waals surface area contributed by atoms with Crippen LogP contribution in [-0.4, -0.2) is 23.7 Å². The predicted octanol–water partition coefficient (Wildman–Crippen LogP) is 2.20. The Morgan fingerprint density at radius 2 is 2.35 bits per heavy atom. The van der Waals surface area contributed by atoms with Gasteiger partial charge in [-0.1, -0.05) is 6.92 Å². The zero-order valence-electron chi connectivity index (χ0n) is 10.1. The van der Waals surface area contributed by atoms with Crippen LogP contribution in [0.2, 0.25) is 0 Å². The molecule has 2 rings (SSSR count). The normalized spacial score (nSPS) is 23.9. The molecule has 1 amide bonds. The van der Waals surface area contributed by atoms with E-state index in [2.05, 4.69) is 12.2 Å². The summed E-state index contributed by atoms with van der Waals surface area (Å²) >= 11 is 1.56. The average Bonchev–Trinajstić information content (AvgIpc) is 2.94. The van der Waals surface area contributed by atoms with Crippen molar-refractivity contribution in [3.8, 4) is 0 Å². The summed E-state index contributed by atoms with van der Waals surface area (Å²) in [5.74, 6) is 0.468. The van der Waals surface area contributed by atoms with E-state index in [-0.39, 0.29) is 12.0 Å². The second kappa shape index (κ2) is 5.65. The quantitative estimate of drug-likeness (QED) is 0.864. The van der Waals surface area contributed by atoms with Gasteiger partial charge in [0.2, 0.25) is 0 Å². The number of hydrogen-bond acceptors (Lipinski definition) is 3. The van der Waals surface area contributed by atoms with E-state index >= 15 is 0 Å². The summed E-state index contributed by atoms with van der Waals surface area (Å²) in [6.45, 7) is 2.78. The van der Waals surface area contributed by atoms with E-state index in [9.17, 15) is 9.90 Å². The predicted molar refractivity (Wildman–Crippen MR) is 69.4 cm³/mol. The van der Waals surface area contributed by atoms with Gasteiger partial charge < -0.3 is 10.4 Å². The van der Waals surface area contributed by atoms with Gasteiger partial charge in [0.15, 0.2) is 0 Å². The summed E-state index contributed by atoms with van der Waals surface area (Å²) < 4.78 is 0. The fourth-order valence-corrected chi connectivity index (χ4v) is 3.11.